The minimum Gasteiger partial charge on any atom is -0.271 e. The maximum atomic E-state index is 13.3. The molecule has 0 fully saturated rings. The molecule has 0 unspecified atom stereocenters. The predicted molar refractivity (Wildman–Crippen MR) is 129 cm³/mol. The normalized spacial score (nSPS) is 11.6. The summed E-state index contributed by atoms with van der Waals surface area (Å²) < 4.78 is 28.2. The largest absolute Gasteiger partial charge is 0.271 e. The van der Waals surface area contributed by atoms with E-state index in [9.17, 15) is 23.3 Å². The second-order valence-corrected chi connectivity index (χ2v) is 9.62. The van der Waals surface area contributed by atoms with Gasteiger partial charge in [0.25, 0.3) is 21.6 Å². The number of amides is 1. The fourth-order valence-electron chi connectivity index (χ4n) is 2.89. The van der Waals surface area contributed by atoms with Gasteiger partial charge in [-0.25, -0.2) is 13.8 Å². The molecule has 1 amide bonds. The van der Waals surface area contributed by atoms with Crippen molar-refractivity contribution in [3.63, 3.8) is 0 Å². The molecule has 0 aromatic heterocycles. The van der Waals surface area contributed by atoms with Crippen molar-refractivity contribution in [2.75, 3.05) is 10.8 Å². The summed E-state index contributed by atoms with van der Waals surface area (Å²) in [5.74, 6) is -0.681. The van der Waals surface area contributed by atoms with E-state index < -0.39 is 27.4 Å². The maximum absolute atomic E-state index is 13.3. The number of sulfonamides is 1. The number of nitro groups is 1. The summed E-state index contributed by atoms with van der Waals surface area (Å²) in [5.41, 5.74) is 3.29. The van der Waals surface area contributed by atoms with Gasteiger partial charge in [0.1, 0.15) is 6.54 Å². The summed E-state index contributed by atoms with van der Waals surface area (Å²) in [6, 6.07) is 20.2. The summed E-state index contributed by atoms with van der Waals surface area (Å²) in [7, 11) is -4.04. The van der Waals surface area contributed by atoms with Crippen LogP contribution in [0, 0.1) is 10.1 Å². The van der Waals surface area contributed by atoms with Crippen LogP contribution in [0.2, 0.25) is 0 Å². The highest BCUT2D eigenvalue weighted by Crippen LogP contribution is 2.26. The predicted octanol–water partition coefficient (Wildman–Crippen LogP) is 4.09. The monoisotopic (exact) mass is 530 g/mol. The molecule has 33 heavy (non-hydrogen) atoms. The van der Waals surface area contributed by atoms with Crippen molar-refractivity contribution in [1.82, 2.24) is 5.43 Å². The Morgan fingerprint density at radius 3 is 2.42 bits per heavy atom. The van der Waals surface area contributed by atoms with E-state index in [0.29, 0.717) is 21.4 Å². The Hall–Kier alpha value is -3.57. The Morgan fingerprint density at radius 2 is 1.76 bits per heavy atom. The van der Waals surface area contributed by atoms with Gasteiger partial charge in [0.15, 0.2) is 0 Å². The lowest BCUT2D eigenvalue weighted by molar-refractivity contribution is -0.384. The number of halogens is 1. The molecular weight excluding hydrogens is 512 g/mol. The van der Waals surface area contributed by atoms with E-state index in [0.717, 1.165) is 4.31 Å². The Kier molecular flexibility index (Phi) is 7.56. The van der Waals surface area contributed by atoms with Crippen LogP contribution in [0.15, 0.2) is 93.3 Å². The number of anilines is 1. The molecule has 0 radical (unpaired) electrons. The zero-order valence-corrected chi connectivity index (χ0v) is 19.8. The average Bonchev–Trinajstić information content (AvgIpc) is 2.81. The third-order valence-corrected chi connectivity index (χ3v) is 6.82. The van der Waals surface area contributed by atoms with Gasteiger partial charge in [-0.3, -0.25) is 19.2 Å². The van der Waals surface area contributed by atoms with E-state index in [4.69, 9.17) is 0 Å². The van der Waals surface area contributed by atoms with Crippen LogP contribution >= 0.6 is 15.9 Å². The molecule has 0 saturated heterocycles. The molecule has 0 spiro atoms. The minimum absolute atomic E-state index is 0.0362. The standard InChI is InChI=1S/C22H19BrN4O5S/c1-16(17-7-5-10-20(13-17)27(29)30)24-25-22(28)15-26(19-9-6-8-18(23)14-19)33(31,32)21-11-3-2-4-12-21/h2-14H,15H2,1H3,(H,25,28)/b24-16-. The fourth-order valence-corrected chi connectivity index (χ4v) is 4.71. The Morgan fingerprint density at radius 1 is 1.06 bits per heavy atom. The van der Waals surface area contributed by atoms with E-state index in [2.05, 4.69) is 26.5 Å². The van der Waals surface area contributed by atoms with Gasteiger partial charge in [0.05, 0.1) is 21.2 Å². The number of nitrogens with zero attached hydrogens (tertiary/aromatic N) is 3. The van der Waals surface area contributed by atoms with Crippen LogP contribution < -0.4 is 9.73 Å². The van der Waals surface area contributed by atoms with Crippen LogP contribution in [0.3, 0.4) is 0 Å². The average molecular weight is 531 g/mol. The summed E-state index contributed by atoms with van der Waals surface area (Å²) in [5, 5.41) is 14.9. The Labute approximate surface area is 199 Å². The molecule has 11 heteroatoms. The van der Waals surface area contributed by atoms with E-state index in [1.807, 2.05) is 0 Å². The van der Waals surface area contributed by atoms with Gasteiger partial charge in [-0.15, -0.1) is 0 Å². The minimum atomic E-state index is -4.04. The number of rotatable bonds is 8. The van der Waals surface area contributed by atoms with Crippen LogP contribution in [0.25, 0.3) is 0 Å². The highest BCUT2D eigenvalue weighted by atomic mass is 79.9. The van der Waals surface area contributed by atoms with Crippen LogP contribution in [0.4, 0.5) is 11.4 Å². The molecule has 0 aliphatic rings. The van der Waals surface area contributed by atoms with Crippen molar-refractivity contribution in [2.24, 2.45) is 5.10 Å². The lowest BCUT2D eigenvalue weighted by Crippen LogP contribution is -2.39. The summed E-state index contributed by atoms with van der Waals surface area (Å²) in [6.45, 7) is 1.05. The van der Waals surface area contributed by atoms with Gasteiger partial charge >= 0.3 is 0 Å². The first-order valence-electron chi connectivity index (χ1n) is 9.60. The third kappa shape index (κ3) is 6.02. The Balaban J connectivity index is 1.86. The number of carbonyl (C=O) groups excluding carboxylic acids is 1. The van der Waals surface area contributed by atoms with Gasteiger partial charge in [0, 0.05) is 22.2 Å². The number of hydrazone groups is 1. The molecule has 3 rings (SSSR count). The summed E-state index contributed by atoms with van der Waals surface area (Å²) >= 11 is 3.32. The van der Waals surface area contributed by atoms with E-state index >= 15 is 0 Å². The number of benzene rings is 3. The van der Waals surface area contributed by atoms with Crippen LogP contribution in [0.1, 0.15) is 12.5 Å². The zero-order valence-electron chi connectivity index (χ0n) is 17.4. The molecule has 1 N–H and O–H groups in total. The topological polar surface area (TPSA) is 122 Å². The molecule has 3 aromatic rings. The molecule has 0 aliphatic heterocycles. The molecule has 0 atom stereocenters. The van der Waals surface area contributed by atoms with Crippen molar-refractivity contribution in [3.05, 3.63) is 99.0 Å². The molecule has 9 nitrogen and oxygen atoms in total. The Bertz CT molecular complexity index is 1310. The first kappa shape index (κ1) is 24.1. The second kappa shape index (κ2) is 10.4. The zero-order chi connectivity index (χ0) is 24.0. The van der Waals surface area contributed by atoms with Crippen LogP contribution in [-0.2, 0) is 14.8 Å². The number of non-ortho nitro benzene ring substituents is 1. The molecule has 0 saturated carbocycles. The quantitative estimate of drug-likeness (QED) is 0.267. The highest BCUT2D eigenvalue weighted by Gasteiger charge is 2.27. The third-order valence-electron chi connectivity index (χ3n) is 4.54. The van der Waals surface area contributed by atoms with Crippen molar-refractivity contribution in [2.45, 2.75) is 11.8 Å². The maximum Gasteiger partial charge on any atom is 0.270 e. The summed E-state index contributed by atoms with van der Waals surface area (Å²) in [6.07, 6.45) is 0. The van der Waals surface area contributed by atoms with Crippen molar-refractivity contribution in [1.29, 1.82) is 0 Å². The van der Waals surface area contributed by atoms with Gasteiger partial charge in [0.2, 0.25) is 0 Å². The molecule has 0 bridgehead atoms. The number of nitrogens with one attached hydrogen (secondary N) is 1. The number of hydrogen-bond donors (Lipinski definition) is 1. The SMILES string of the molecule is C/C(=N/NC(=O)CN(c1cccc(Br)c1)S(=O)(=O)c1ccccc1)c1cccc([N+](=O)[O-])c1. The van der Waals surface area contributed by atoms with Gasteiger partial charge in [-0.2, -0.15) is 5.10 Å². The van der Waals surface area contributed by atoms with Crippen LogP contribution in [0.5, 0.6) is 0 Å². The van der Waals surface area contributed by atoms with Crippen molar-refractivity contribution >= 4 is 48.9 Å². The highest BCUT2D eigenvalue weighted by molar-refractivity contribution is 9.10. The van der Waals surface area contributed by atoms with Gasteiger partial charge in [-0.05, 0) is 37.3 Å². The lowest BCUT2D eigenvalue weighted by Gasteiger charge is -2.24. The van der Waals surface area contributed by atoms with Gasteiger partial charge in [-0.1, -0.05) is 52.3 Å². The van der Waals surface area contributed by atoms with E-state index in [1.165, 1.54) is 30.3 Å². The number of carbonyl (C=O) groups is 1. The first-order chi connectivity index (χ1) is 15.7. The van der Waals surface area contributed by atoms with Crippen molar-refractivity contribution < 1.29 is 18.1 Å². The molecule has 3 aromatic carbocycles. The second-order valence-electron chi connectivity index (χ2n) is 6.84. The molecule has 0 heterocycles. The van der Waals surface area contributed by atoms with Gasteiger partial charge < -0.3 is 0 Å². The van der Waals surface area contributed by atoms with E-state index in [-0.39, 0.29) is 10.6 Å². The molecular formula is C22H19BrN4O5S. The smallest absolute Gasteiger partial charge is 0.270 e. The molecule has 0 aliphatic carbocycles. The fraction of sp³-hybridized carbons (Fsp3) is 0.0909. The van der Waals surface area contributed by atoms with E-state index in [1.54, 1.807) is 55.5 Å². The first-order valence-corrected chi connectivity index (χ1v) is 11.8. The lowest BCUT2D eigenvalue weighted by atomic mass is 10.1. The van der Waals surface area contributed by atoms with Crippen LogP contribution in [-0.4, -0.2) is 31.5 Å². The number of hydrogen-bond acceptors (Lipinski definition) is 6. The van der Waals surface area contributed by atoms with Crippen molar-refractivity contribution in [3.8, 4) is 0 Å². The summed E-state index contributed by atoms with van der Waals surface area (Å²) in [4.78, 5) is 23.1. The number of nitro benzene ring substituents is 1. The molecule has 170 valence electrons.